The molecule has 1 unspecified atom stereocenters. The van der Waals surface area contributed by atoms with Gasteiger partial charge in [0.05, 0.1) is 30.6 Å². The summed E-state index contributed by atoms with van der Waals surface area (Å²) < 4.78 is 7.41. The Morgan fingerprint density at radius 2 is 1.81 bits per heavy atom. The molecule has 1 aromatic heterocycles. The van der Waals surface area contributed by atoms with Crippen molar-refractivity contribution in [2.75, 3.05) is 7.11 Å². The number of aryl methyl sites for hydroxylation is 2. The molecule has 3 aromatic carbocycles. The number of amides is 1. The molecule has 0 aliphatic rings. The average Bonchev–Trinajstić information content (AvgIpc) is 3.15. The number of benzene rings is 3. The van der Waals surface area contributed by atoms with Crippen molar-refractivity contribution < 1.29 is 9.53 Å². The van der Waals surface area contributed by atoms with Crippen LogP contribution in [0, 0.1) is 13.8 Å². The molecule has 5 heteroatoms. The van der Waals surface area contributed by atoms with Crippen LogP contribution in [0.5, 0.6) is 5.75 Å². The average molecular weight is 428 g/mol. The van der Waals surface area contributed by atoms with Crippen LogP contribution in [0.3, 0.4) is 0 Å². The van der Waals surface area contributed by atoms with E-state index in [2.05, 4.69) is 48.0 Å². The number of fused-ring (bicyclic) bond motifs is 1. The first-order valence-corrected chi connectivity index (χ1v) is 10.9. The summed E-state index contributed by atoms with van der Waals surface area (Å²) in [6, 6.07) is 22.0. The van der Waals surface area contributed by atoms with Gasteiger partial charge in [0.2, 0.25) is 5.91 Å². The highest BCUT2D eigenvalue weighted by molar-refractivity contribution is 5.80. The minimum Gasteiger partial charge on any atom is -0.497 e. The normalized spacial score (nSPS) is 12.0. The van der Waals surface area contributed by atoms with Crippen molar-refractivity contribution in [3.63, 3.8) is 0 Å². The Bertz CT molecular complexity index is 1240. The van der Waals surface area contributed by atoms with E-state index < -0.39 is 0 Å². The Balaban J connectivity index is 1.59. The summed E-state index contributed by atoms with van der Waals surface area (Å²) in [5, 5.41) is 3.13. The first-order valence-electron chi connectivity index (χ1n) is 10.9. The van der Waals surface area contributed by atoms with Gasteiger partial charge < -0.3 is 14.6 Å². The maximum Gasteiger partial charge on any atom is 0.224 e. The van der Waals surface area contributed by atoms with Crippen LogP contribution in [-0.4, -0.2) is 22.6 Å². The Labute approximate surface area is 189 Å². The molecule has 0 fully saturated rings. The Morgan fingerprint density at radius 1 is 1.06 bits per heavy atom. The van der Waals surface area contributed by atoms with Crippen LogP contribution in [0.25, 0.3) is 11.0 Å². The van der Waals surface area contributed by atoms with Crippen LogP contribution < -0.4 is 10.1 Å². The summed E-state index contributed by atoms with van der Waals surface area (Å²) in [7, 11) is 1.63. The third kappa shape index (κ3) is 4.67. The molecule has 0 radical (unpaired) electrons. The molecule has 1 heterocycles. The summed E-state index contributed by atoms with van der Waals surface area (Å²) >= 11 is 0. The van der Waals surface area contributed by atoms with Gasteiger partial charge in [-0.1, -0.05) is 48.0 Å². The molecule has 0 saturated heterocycles. The second-order valence-corrected chi connectivity index (χ2v) is 8.29. The predicted molar refractivity (Wildman–Crippen MR) is 128 cm³/mol. The highest BCUT2D eigenvalue weighted by Crippen LogP contribution is 2.24. The van der Waals surface area contributed by atoms with Crippen LogP contribution in [0.1, 0.15) is 41.0 Å². The molecule has 1 N–H and O–H groups in total. The number of carbonyl (C=O) groups excluding carboxylic acids is 1. The molecule has 0 aliphatic carbocycles. The second kappa shape index (κ2) is 9.27. The minimum atomic E-state index is -0.224. The number of carbonyl (C=O) groups is 1. The lowest BCUT2D eigenvalue weighted by Gasteiger charge is -2.18. The molecule has 164 valence electrons. The van der Waals surface area contributed by atoms with Gasteiger partial charge >= 0.3 is 0 Å². The van der Waals surface area contributed by atoms with Crippen LogP contribution in [-0.2, 0) is 17.8 Å². The number of nitrogens with one attached hydrogen (secondary N) is 1. The predicted octanol–water partition coefficient (Wildman–Crippen LogP) is 5.13. The van der Waals surface area contributed by atoms with E-state index in [-0.39, 0.29) is 11.9 Å². The maximum atomic E-state index is 12.8. The van der Waals surface area contributed by atoms with Gasteiger partial charge in [0.25, 0.3) is 0 Å². The highest BCUT2D eigenvalue weighted by Gasteiger charge is 2.19. The van der Waals surface area contributed by atoms with E-state index in [0.717, 1.165) is 28.2 Å². The summed E-state index contributed by atoms with van der Waals surface area (Å²) in [4.78, 5) is 17.6. The maximum absolute atomic E-state index is 12.8. The third-order valence-electron chi connectivity index (χ3n) is 5.81. The number of methoxy groups -OCH3 is 1. The molecule has 4 rings (SSSR count). The Morgan fingerprint density at radius 3 is 2.56 bits per heavy atom. The van der Waals surface area contributed by atoms with Gasteiger partial charge in [-0.3, -0.25) is 4.79 Å². The molecule has 5 nitrogen and oxygen atoms in total. The lowest BCUT2D eigenvalue weighted by Crippen LogP contribution is -2.30. The van der Waals surface area contributed by atoms with Gasteiger partial charge in [-0.25, -0.2) is 4.98 Å². The molecular formula is C27H29N3O2. The monoisotopic (exact) mass is 427 g/mol. The first kappa shape index (κ1) is 21.6. The second-order valence-electron chi connectivity index (χ2n) is 8.29. The SMILES string of the molecule is COc1ccc(CC(=O)NC(C)c2nc3ccccc3n2Cc2cc(C)ccc2C)cc1. The summed E-state index contributed by atoms with van der Waals surface area (Å²) in [5.41, 5.74) is 6.68. The van der Waals surface area contributed by atoms with Gasteiger partial charge in [0, 0.05) is 6.54 Å². The van der Waals surface area contributed by atoms with Crippen LogP contribution >= 0.6 is 0 Å². The van der Waals surface area contributed by atoms with Crippen molar-refractivity contribution in [2.45, 2.75) is 39.8 Å². The molecule has 1 amide bonds. The van der Waals surface area contributed by atoms with Crippen LogP contribution in [0.15, 0.2) is 66.7 Å². The van der Waals surface area contributed by atoms with Crippen molar-refractivity contribution in [1.82, 2.24) is 14.9 Å². The van der Waals surface area contributed by atoms with Crippen molar-refractivity contribution in [3.8, 4) is 5.75 Å². The fraction of sp³-hybridized carbons (Fsp3) is 0.259. The van der Waals surface area contributed by atoms with Crippen molar-refractivity contribution in [1.29, 1.82) is 0 Å². The lowest BCUT2D eigenvalue weighted by molar-refractivity contribution is -0.121. The third-order valence-corrected chi connectivity index (χ3v) is 5.81. The van der Waals surface area contributed by atoms with Gasteiger partial charge in [-0.15, -0.1) is 0 Å². The number of imidazole rings is 1. The number of hydrogen-bond donors (Lipinski definition) is 1. The summed E-state index contributed by atoms with van der Waals surface area (Å²) in [5.74, 6) is 1.60. The Hall–Kier alpha value is -3.60. The topological polar surface area (TPSA) is 56.1 Å². The smallest absolute Gasteiger partial charge is 0.224 e. The fourth-order valence-corrected chi connectivity index (χ4v) is 4.02. The van der Waals surface area contributed by atoms with Crippen molar-refractivity contribution in [2.24, 2.45) is 0 Å². The standard InChI is InChI=1S/C27H29N3O2/c1-18-9-10-19(2)22(15-18)17-30-25-8-6-5-7-24(25)29-27(30)20(3)28-26(31)16-21-11-13-23(32-4)14-12-21/h5-15,20H,16-17H2,1-4H3,(H,28,31). The molecule has 0 saturated carbocycles. The van der Waals surface area contributed by atoms with E-state index in [0.29, 0.717) is 13.0 Å². The number of ether oxygens (including phenoxy) is 1. The largest absolute Gasteiger partial charge is 0.497 e. The number of aromatic nitrogens is 2. The Kier molecular flexibility index (Phi) is 6.26. The van der Waals surface area contributed by atoms with Crippen LogP contribution in [0.4, 0.5) is 0 Å². The number of rotatable bonds is 7. The van der Waals surface area contributed by atoms with E-state index >= 15 is 0 Å². The van der Waals surface area contributed by atoms with Gasteiger partial charge in [0.1, 0.15) is 11.6 Å². The molecule has 0 spiro atoms. The van der Waals surface area contributed by atoms with E-state index in [1.807, 2.05) is 49.4 Å². The molecule has 1 atom stereocenters. The van der Waals surface area contributed by atoms with Crippen molar-refractivity contribution in [3.05, 3.63) is 94.8 Å². The molecule has 32 heavy (non-hydrogen) atoms. The molecule has 4 aromatic rings. The van der Waals surface area contributed by atoms with Gasteiger partial charge in [-0.05, 0) is 61.7 Å². The zero-order valence-electron chi connectivity index (χ0n) is 19.1. The van der Waals surface area contributed by atoms with Gasteiger partial charge in [-0.2, -0.15) is 0 Å². The lowest BCUT2D eigenvalue weighted by atomic mass is 10.1. The zero-order valence-corrected chi connectivity index (χ0v) is 19.1. The molecule has 0 bridgehead atoms. The zero-order chi connectivity index (χ0) is 22.7. The highest BCUT2D eigenvalue weighted by atomic mass is 16.5. The van der Waals surface area contributed by atoms with E-state index in [1.165, 1.54) is 16.7 Å². The van der Waals surface area contributed by atoms with E-state index in [9.17, 15) is 4.79 Å². The number of hydrogen-bond acceptors (Lipinski definition) is 3. The quantitative estimate of drug-likeness (QED) is 0.445. The number of nitrogens with zero attached hydrogens (tertiary/aromatic N) is 2. The van der Waals surface area contributed by atoms with Crippen molar-refractivity contribution >= 4 is 16.9 Å². The van der Waals surface area contributed by atoms with E-state index in [1.54, 1.807) is 7.11 Å². The fourth-order valence-electron chi connectivity index (χ4n) is 4.02. The molecular weight excluding hydrogens is 398 g/mol. The number of para-hydroxylation sites is 2. The molecule has 0 aliphatic heterocycles. The van der Waals surface area contributed by atoms with Crippen LogP contribution in [0.2, 0.25) is 0 Å². The first-order chi connectivity index (χ1) is 15.4. The summed E-state index contributed by atoms with van der Waals surface area (Å²) in [6.45, 7) is 6.94. The van der Waals surface area contributed by atoms with Gasteiger partial charge in [0.15, 0.2) is 0 Å². The minimum absolute atomic E-state index is 0.0343. The summed E-state index contributed by atoms with van der Waals surface area (Å²) in [6.07, 6.45) is 0.311. The van der Waals surface area contributed by atoms with E-state index in [4.69, 9.17) is 9.72 Å².